The van der Waals surface area contributed by atoms with E-state index >= 15 is 0 Å². The number of fused-ring (bicyclic) bond motifs is 1. The van der Waals surface area contributed by atoms with Gasteiger partial charge in [0.15, 0.2) is 0 Å². The highest BCUT2D eigenvalue weighted by Crippen LogP contribution is 2.28. The van der Waals surface area contributed by atoms with E-state index in [1.54, 1.807) is 18.4 Å². The van der Waals surface area contributed by atoms with Crippen LogP contribution in [0, 0.1) is 0 Å². The fourth-order valence-electron chi connectivity index (χ4n) is 2.58. The van der Waals surface area contributed by atoms with Crippen molar-refractivity contribution < 1.29 is 14.3 Å². The quantitative estimate of drug-likeness (QED) is 0.885. The van der Waals surface area contributed by atoms with Crippen molar-refractivity contribution in [3.05, 3.63) is 46.2 Å². The fourth-order valence-corrected chi connectivity index (χ4v) is 3.29. The van der Waals surface area contributed by atoms with E-state index in [1.807, 2.05) is 29.6 Å². The predicted molar refractivity (Wildman–Crippen MR) is 90.5 cm³/mol. The number of urea groups is 1. The van der Waals surface area contributed by atoms with Crippen LogP contribution in [0.5, 0.6) is 11.5 Å². The molecule has 3 rings (SSSR count). The lowest BCUT2D eigenvalue weighted by molar-refractivity contribution is 0.214. The zero-order chi connectivity index (χ0) is 16.1. The lowest BCUT2D eigenvalue weighted by atomic mass is 10.0. The molecule has 6 heteroatoms. The number of carbonyl (C=O) groups is 1. The van der Waals surface area contributed by atoms with Crippen LogP contribution in [0.25, 0.3) is 0 Å². The van der Waals surface area contributed by atoms with Crippen LogP contribution in [0.3, 0.4) is 0 Å². The maximum atomic E-state index is 12.0. The van der Waals surface area contributed by atoms with Gasteiger partial charge in [0.2, 0.25) is 0 Å². The summed E-state index contributed by atoms with van der Waals surface area (Å²) in [5.74, 6) is 1.66. The Morgan fingerprint density at radius 1 is 1.43 bits per heavy atom. The van der Waals surface area contributed by atoms with Crippen LogP contribution in [0.2, 0.25) is 0 Å². The average molecular weight is 332 g/mol. The third kappa shape index (κ3) is 4.16. The zero-order valence-corrected chi connectivity index (χ0v) is 13.8. The molecule has 0 saturated carbocycles. The third-order valence-electron chi connectivity index (χ3n) is 3.75. The van der Waals surface area contributed by atoms with Gasteiger partial charge >= 0.3 is 6.03 Å². The molecule has 1 aromatic heterocycles. The molecule has 1 aromatic carbocycles. The standard InChI is InChI=1S/C17H20N2O3S/c1-21-14-4-5-16-12(10-14)9-13(11-22-16)19-17(20)18-7-6-15-3-2-8-23-15/h2-5,8,10,13H,6-7,9,11H2,1H3,(H2,18,19,20). The molecule has 0 saturated heterocycles. The van der Waals surface area contributed by atoms with E-state index < -0.39 is 0 Å². The lowest BCUT2D eigenvalue weighted by Gasteiger charge is -2.26. The van der Waals surface area contributed by atoms with Crippen LogP contribution in [0.4, 0.5) is 4.79 Å². The molecule has 0 radical (unpaired) electrons. The Bertz CT molecular complexity index is 658. The highest BCUT2D eigenvalue weighted by atomic mass is 32.1. The Balaban J connectivity index is 1.47. The zero-order valence-electron chi connectivity index (χ0n) is 13.0. The summed E-state index contributed by atoms with van der Waals surface area (Å²) >= 11 is 1.70. The molecule has 23 heavy (non-hydrogen) atoms. The van der Waals surface area contributed by atoms with Crippen molar-refractivity contribution in [2.24, 2.45) is 0 Å². The van der Waals surface area contributed by atoms with Gasteiger partial charge in [-0.15, -0.1) is 11.3 Å². The Hall–Kier alpha value is -2.21. The number of hydrogen-bond acceptors (Lipinski definition) is 4. The van der Waals surface area contributed by atoms with Crippen molar-refractivity contribution in [3.63, 3.8) is 0 Å². The second-order valence-corrected chi connectivity index (χ2v) is 6.45. The normalized spacial score (nSPS) is 16.1. The topological polar surface area (TPSA) is 59.6 Å². The van der Waals surface area contributed by atoms with Gasteiger partial charge in [-0.05, 0) is 48.1 Å². The molecular weight excluding hydrogens is 312 g/mol. The first kappa shape index (κ1) is 15.7. The van der Waals surface area contributed by atoms with Crippen LogP contribution in [-0.4, -0.2) is 32.3 Å². The van der Waals surface area contributed by atoms with E-state index in [9.17, 15) is 4.79 Å². The van der Waals surface area contributed by atoms with Crippen molar-refractivity contribution in [2.45, 2.75) is 18.9 Å². The number of carbonyl (C=O) groups excluding carboxylic acids is 1. The Morgan fingerprint density at radius 2 is 2.35 bits per heavy atom. The third-order valence-corrected chi connectivity index (χ3v) is 4.68. The van der Waals surface area contributed by atoms with Gasteiger partial charge in [-0.1, -0.05) is 6.07 Å². The van der Waals surface area contributed by atoms with E-state index in [4.69, 9.17) is 9.47 Å². The maximum absolute atomic E-state index is 12.0. The minimum absolute atomic E-state index is 0.0312. The smallest absolute Gasteiger partial charge is 0.315 e. The summed E-state index contributed by atoms with van der Waals surface area (Å²) in [4.78, 5) is 13.2. The highest BCUT2D eigenvalue weighted by Gasteiger charge is 2.21. The summed E-state index contributed by atoms with van der Waals surface area (Å²) < 4.78 is 10.9. The minimum Gasteiger partial charge on any atom is -0.497 e. The summed E-state index contributed by atoms with van der Waals surface area (Å²) in [5, 5.41) is 7.90. The molecular formula is C17H20N2O3S. The van der Waals surface area contributed by atoms with Crippen molar-refractivity contribution >= 4 is 17.4 Å². The van der Waals surface area contributed by atoms with E-state index in [2.05, 4.69) is 16.7 Å². The summed E-state index contributed by atoms with van der Waals surface area (Å²) in [6.45, 7) is 1.11. The van der Waals surface area contributed by atoms with Gasteiger partial charge in [0.1, 0.15) is 18.1 Å². The molecule has 5 nitrogen and oxygen atoms in total. The van der Waals surface area contributed by atoms with Gasteiger partial charge in [-0.2, -0.15) is 0 Å². The molecule has 2 heterocycles. The summed E-state index contributed by atoms with van der Waals surface area (Å²) in [6.07, 6.45) is 1.59. The van der Waals surface area contributed by atoms with Gasteiger partial charge in [0, 0.05) is 11.4 Å². The first-order valence-electron chi connectivity index (χ1n) is 7.61. The summed E-state index contributed by atoms with van der Waals surface area (Å²) in [5.41, 5.74) is 1.06. The molecule has 0 fully saturated rings. The molecule has 122 valence electrons. The molecule has 1 unspecified atom stereocenters. The van der Waals surface area contributed by atoms with Gasteiger partial charge in [-0.25, -0.2) is 4.79 Å². The molecule has 0 bridgehead atoms. The second-order valence-electron chi connectivity index (χ2n) is 5.42. The molecule has 1 aliphatic rings. The van der Waals surface area contributed by atoms with Crippen LogP contribution < -0.4 is 20.1 Å². The average Bonchev–Trinajstić information content (AvgIpc) is 3.07. The molecule has 0 spiro atoms. The van der Waals surface area contributed by atoms with E-state index in [-0.39, 0.29) is 12.1 Å². The number of hydrogen-bond donors (Lipinski definition) is 2. The van der Waals surface area contributed by atoms with Gasteiger partial charge in [-0.3, -0.25) is 0 Å². The summed E-state index contributed by atoms with van der Waals surface area (Å²) in [7, 11) is 1.64. The van der Waals surface area contributed by atoms with Crippen LogP contribution in [-0.2, 0) is 12.8 Å². The molecule has 0 aliphatic carbocycles. The van der Waals surface area contributed by atoms with E-state index in [1.165, 1.54) is 4.88 Å². The van der Waals surface area contributed by atoms with E-state index in [0.29, 0.717) is 13.2 Å². The minimum atomic E-state index is -0.151. The van der Waals surface area contributed by atoms with Gasteiger partial charge in [0.25, 0.3) is 0 Å². The second kappa shape index (κ2) is 7.37. The number of benzene rings is 1. The first-order valence-corrected chi connectivity index (χ1v) is 8.49. The Kier molecular flexibility index (Phi) is 5.02. The Morgan fingerprint density at radius 3 is 3.13 bits per heavy atom. The molecule has 1 aliphatic heterocycles. The number of rotatable bonds is 5. The number of thiophene rings is 1. The van der Waals surface area contributed by atoms with E-state index in [0.717, 1.165) is 29.9 Å². The van der Waals surface area contributed by atoms with Crippen molar-refractivity contribution in [3.8, 4) is 11.5 Å². The molecule has 2 N–H and O–H groups in total. The lowest BCUT2D eigenvalue weighted by Crippen LogP contribution is -2.47. The molecule has 2 aromatic rings. The largest absolute Gasteiger partial charge is 0.497 e. The Labute approximate surface area is 139 Å². The SMILES string of the molecule is COc1ccc2c(c1)CC(NC(=O)NCCc1cccs1)CO2. The van der Waals surface area contributed by atoms with Crippen LogP contribution in [0.1, 0.15) is 10.4 Å². The van der Waals surface area contributed by atoms with Crippen LogP contribution in [0.15, 0.2) is 35.7 Å². The van der Waals surface area contributed by atoms with Crippen LogP contribution >= 0.6 is 11.3 Å². The molecule has 1 atom stereocenters. The number of ether oxygens (including phenoxy) is 2. The maximum Gasteiger partial charge on any atom is 0.315 e. The van der Waals surface area contributed by atoms with Crippen molar-refractivity contribution in [1.29, 1.82) is 0 Å². The fraction of sp³-hybridized carbons (Fsp3) is 0.353. The predicted octanol–water partition coefficient (Wildman–Crippen LogP) is 2.60. The summed E-state index contributed by atoms with van der Waals surface area (Å²) in [6, 6.07) is 9.65. The number of amides is 2. The van der Waals surface area contributed by atoms with Crippen molar-refractivity contribution in [1.82, 2.24) is 10.6 Å². The van der Waals surface area contributed by atoms with Gasteiger partial charge < -0.3 is 20.1 Å². The number of methoxy groups -OCH3 is 1. The molecule has 2 amide bonds. The van der Waals surface area contributed by atoms with Crippen molar-refractivity contribution in [2.75, 3.05) is 20.3 Å². The highest BCUT2D eigenvalue weighted by molar-refractivity contribution is 7.09. The van der Waals surface area contributed by atoms with Gasteiger partial charge in [0.05, 0.1) is 13.2 Å². The first-order chi connectivity index (χ1) is 11.2. The monoisotopic (exact) mass is 332 g/mol. The number of nitrogens with one attached hydrogen (secondary N) is 2.